The van der Waals surface area contributed by atoms with Crippen molar-refractivity contribution in [1.29, 1.82) is 0 Å². The minimum absolute atomic E-state index is 0.316. The Morgan fingerprint density at radius 1 is 1.15 bits per heavy atom. The average molecular weight is 204 g/mol. The second-order valence-corrected chi connectivity index (χ2v) is 2.23. The zero-order valence-corrected chi connectivity index (χ0v) is 6.34. The van der Waals surface area contributed by atoms with Gasteiger partial charge in [-0.05, 0) is 0 Å². The molecule has 6 heteroatoms. The van der Waals surface area contributed by atoms with E-state index in [1.54, 1.807) is 0 Å². The lowest BCUT2D eigenvalue weighted by molar-refractivity contribution is -0.245. The first-order valence-electron chi connectivity index (χ1n) is 3.03. The average Bonchev–Trinajstić information content (AvgIpc) is 2.02. The predicted octanol–water partition coefficient (Wildman–Crippen LogP) is 3.26. The van der Waals surface area contributed by atoms with Crippen LogP contribution in [-0.2, 0) is 0 Å². The fourth-order valence-corrected chi connectivity index (χ4v) is 0.479. The molecular weight excluding hydrogens is 198 g/mol. The number of halogens is 6. The molecule has 0 unspecified atom stereocenters. The number of hydrogen-bond donors (Lipinski definition) is 0. The summed E-state index contributed by atoms with van der Waals surface area (Å²) in [5.41, 5.74) is -1.43. The minimum Gasteiger partial charge on any atom is -0.203 e. The molecule has 0 atom stereocenters. The molecule has 0 aromatic carbocycles. The molecule has 0 aromatic heterocycles. The van der Waals surface area contributed by atoms with E-state index < -0.39 is 23.8 Å². The Morgan fingerprint density at radius 2 is 1.54 bits per heavy atom. The lowest BCUT2D eigenvalue weighted by atomic mass is 10.0. The van der Waals surface area contributed by atoms with E-state index in [4.69, 9.17) is 0 Å². The van der Waals surface area contributed by atoms with Crippen LogP contribution in [0.2, 0.25) is 0 Å². The first-order valence-corrected chi connectivity index (χ1v) is 3.03. The molecule has 0 aliphatic carbocycles. The molecule has 0 fully saturated rings. The highest BCUT2D eigenvalue weighted by atomic mass is 19.3. The maximum Gasteiger partial charge on any atom is 0.373 e. The summed E-state index contributed by atoms with van der Waals surface area (Å²) in [6.07, 6.45) is -4.13. The van der Waals surface area contributed by atoms with Crippen molar-refractivity contribution >= 4 is 0 Å². The summed E-state index contributed by atoms with van der Waals surface area (Å²) in [4.78, 5) is 0. The van der Waals surface area contributed by atoms with Gasteiger partial charge in [0.15, 0.2) is 0 Å². The third kappa shape index (κ3) is 1.87. The van der Waals surface area contributed by atoms with Gasteiger partial charge < -0.3 is 0 Å². The van der Waals surface area contributed by atoms with Crippen molar-refractivity contribution in [2.24, 2.45) is 0 Å². The van der Waals surface area contributed by atoms with Crippen LogP contribution < -0.4 is 0 Å². The lowest BCUT2D eigenvalue weighted by Gasteiger charge is -2.25. The second-order valence-electron chi connectivity index (χ2n) is 2.23. The first kappa shape index (κ1) is 12.1. The lowest BCUT2D eigenvalue weighted by Crippen LogP contribution is -2.47. The van der Waals surface area contributed by atoms with Crippen molar-refractivity contribution in [3.05, 3.63) is 24.8 Å². The van der Waals surface area contributed by atoms with Crippen LogP contribution in [0.3, 0.4) is 0 Å². The van der Waals surface area contributed by atoms with Gasteiger partial charge in [-0.3, -0.25) is 0 Å². The van der Waals surface area contributed by atoms with E-state index in [1.165, 1.54) is 0 Å². The largest absolute Gasteiger partial charge is 0.373 e. The van der Waals surface area contributed by atoms with Gasteiger partial charge in [0.2, 0.25) is 0 Å². The summed E-state index contributed by atoms with van der Waals surface area (Å²) >= 11 is 0. The molecule has 0 amide bonds. The van der Waals surface area contributed by atoms with E-state index in [1.807, 2.05) is 0 Å². The zero-order valence-electron chi connectivity index (χ0n) is 6.34. The molecule has 0 rings (SSSR count). The number of alkyl halides is 6. The third-order valence-electron chi connectivity index (χ3n) is 1.34. The molecular formula is C7H6F6. The summed E-state index contributed by atoms with van der Waals surface area (Å²) in [5.74, 6) is -10.4. The van der Waals surface area contributed by atoms with Crippen molar-refractivity contribution in [1.82, 2.24) is 0 Å². The van der Waals surface area contributed by atoms with E-state index in [0.29, 0.717) is 6.08 Å². The van der Waals surface area contributed by atoms with Crippen LogP contribution in [0, 0.1) is 0 Å². The smallest absolute Gasteiger partial charge is 0.203 e. The fraction of sp³-hybridized carbons (Fsp3) is 0.429. The number of allylic oxidation sites excluding steroid dienone is 2. The normalized spacial score (nSPS) is 13.2. The van der Waals surface area contributed by atoms with E-state index in [0.717, 1.165) is 0 Å². The zero-order chi connectivity index (χ0) is 10.9. The number of hydrogen-bond acceptors (Lipinski definition) is 0. The monoisotopic (exact) mass is 204 g/mol. The Kier molecular flexibility index (Phi) is 3.18. The summed E-state index contributed by atoms with van der Waals surface area (Å²) in [5, 5.41) is 0. The quantitative estimate of drug-likeness (QED) is 0.487. The fourth-order valence-electron chi connectivity index (χ4n) is 0.479. The van der Waals surface area contributed by atoms with Crippen LogP contribution in [0.15, 0.2) is 24.8 Å². The Morgan fingerprint density at radius 3 is 1.77 bits per heavy atom. The maximum atomic E-state index is 12.4. The van der Waals surface area contributed by atoms with E-state index in [9.17, 15) is 26.3 Å². The van der Waals surface area contributed by atoms with Gasteiger partial charge in [-0.1, -0.05) is 19.2 Å². The molecule has 13 heavy (non-hydrogen) atoms. The van der Waals surface area contributed by atoms with Gasteiger partial charge in [0, 0.05) is 5.57 Å². The van der Waals surface area contributed by atoms with Gasteiger partial charge in [-0.2, -0.15) is 17.6 Å². The second kappa shape index (κ2) is 3.43. The molecule has 0 bridgehead atoms. The van der Waals surface area contributed by atoms with Crippen LogP contribution in [-0.4, -0.2) is 18.3 Å². The van der Waals surface area contributed by atoms with Crippen molar-refractivity contribution in [2.75, 3.05) is 0 Å². The van der Waals surface area contributed by atoms with Crippen molar-refractivity contribution in [3.63, 3.8) is 0 Å². The molecule has 0 aliphatic heterocycles. The summed E-state index contributed by atoms with van der Waals surface area (Å²) < 4.78 is 72.2. The molecule has 0 spiro atoms. The molecule has 76 valence electrons. The van der Waals surface area contributed by atoms with Gasteiger partial charge in [-0.15, -0.1) is 0 Å². The van der Waals surface area contributed by atoms with E-state index >= 15 is 0 Å². The molecule has 0 aromatic rings. The Bertz CT molecular complexity index is 217. The van der Waals surface area contributed by atoms with Crippen molar-refractivity contribution in [3.8, 4) is 0 Å². The summed E-state index contributed by atoms with van der Waals surface area (Å²) in [6.45, 7) is 5.25. The maximum absolute atomic E-state index is 12.4. The molecule has 0 heterocycles. The van der Waals surface area contributed by atoms with Crippen LogP contribution in [0.5, 0.6) is 0 Å². The van der Waals surface area contributed by atoms with Gasteiger partial charge in [0.25, 0.3) is 0 Å². The summed E-state index contributed by atoms with van der Waals surface area (Å²) in [7, 11) is 0. The van der Waals surface area contributed by atoms with Gasteiger partial charge in [-0.25, -0.2) is 8.78 Å². The molecule has 0 saturated heterocycles. The summed E-state index contributed by atoms with van der Waals surface area (Å²) in [6, 6.07) is 0. The minimum atomic E-state index is -5.42. The molecule has 0 nitrogen and oxygen atoms in total. The van der Waals surface area contributed by atoms with Gasteiger partial charge >= 0.3 is 18.3 Å². The van der Waals surface area contributed by atoms with Crippen LogP contribution >= 0.6 is 0 Å². The highest BCUT2D eigenvalue weighted by Crippen LogP contribution is 2.43. The molecule has 0 N–H and O–H groups in total. The Hall–Kier alpha value is -0.940. The van der Waals surface area contributed by atoms with E-state index in [-0.39, 0.29) is 0 Å². The van der Waals surface area contributed by atoms with Crippen molar-refractivity contribution in [2.45, 2.75) is 18.3 Å². The van der Waals surface area contributed by atoms with Crippen molar-refractivity contribution < 1.29 is 26.3 Å². The SMILES string of the molecule is C=CC(=C)C(F)(F)C(F)(F)C(F)F. The molecule has 0 saturated carbocycles. The Labute approximate surface area is 70.5 Å². The molecule has 0 aliphatic rings. The van der Waals surface area contributed by atoms with Crippen LogP contribution in [0.1, 0.15) is 0 Å². The first-order chi connectivity index (χ1) is 5.67. The van der Waals surface area contributed by atoms with Crippen LogP contribution in [0.25, 0.3) is 0 Å². The molecule has 0 radical (unpaired) electrons. The number of rotatable bonds is 4. The predicted molar refractivity (Wildman–Crippen MR) is 35.2 cm³/mol. The highest BCUT2D eigenvalue weighted by molar-refractivity contribution is 5.24. The van der Waals surface area contributed by atoms with Gasteiger partial charge in [0.05, 0.1) is 0 Å². The standard InChI is InChI=1S/C7H6F6/c1-3-4(2)6(10,11)7(12,13)5(8)9/h3,5H,1-2H2. The third-order valence-corrected chi connectivity index (χ3v) is 1.34. The van der Waals surface area contributed by atoms with E-state index in [2.05, 4.69) is 13.2 Å². The Balaban J connectivity index is 5.02. The topological polar surface area (TPSA) is 0 Å². The van der Waals surface area contributed by atoms with Gasteiger partial charge in [0.1, 0.15) is 0 Å². The van der Waals surface area contributed by atoms with Crippen LogP contribution in [0.4, 0.5) is 26.3 Å². The highest BCUT2D eigenvalue weighted by Gasteiger charge is 2.63.